The third-order valence-corrected chi connectivity index (χ3v) is 10.0. The monoisotopic (exact) mass is 634 g/mol. The number of halogens is 2. The summed E-state index contributed by atoms with van der Waals surface area (Å²) in [7, 11) is -4.80. The molecule has 9 heteroatoms. The second-order valence-electron chi connectivity index (χ2n) is 9.60. The lowest BCUT2D eigenvalue weighted by molar-refractivity contribution is 0.0728. The summed E-state index contributed by atoms with van der Waals surface area (Å²) in [6.45, 7) is 6.57. The molecule has 6 nitrogen and oxygen atoms in total. The van der Waals surface area contributed by atoms with Crippen LogP contribution in [0.4, 0.5) is 8.68 Å². The molecule has 5 rings (SSSR count). The van der Waals surface area contributed by atoms with E-state index in [4.69, 9.17) is 4.74 Å². The molecule has 1 aliphatic carbocycles. The molecule has 1 fully saturated rings. The molecule has 0 bridgehead atoms. The first-order valence-corrected chi connectivity index (χ1v) is 14.7. The zero-order valence-electron chi connectivity index (χ0n) is 20.7. The number of piperazine rings is 1. The molecule has 0 spiro atoms. The van der Waals surface area contributed by atoms with E-state index in [1.165, 1.54) is 28.3 Å². The van der Waals surface area contributed by atoms with Crippen LogP contribution in [0.5, 0.6) is 0 Å². The maximum atomic E-state index is 13.8. The second-order valence-corrected chi connectivity index (χ2v) is 12.0. The van der Waals surface area contributed by atoms with Gasteiger partial charge in [-0.2, -0.15) is 8.42 Å². The van der Waals surface area contributed by atoms with Gasteiger partial charge in [-0.1, -0.05) is 48.5 Å². The molecule has 194 valence electrons. The molecule has 1 heterocycles. The molecule has 0 saturated carbocycles. The zero-order chi connectivity index (χ0) is 26.3. The van der Waals surface area contributed by atoms with Gasteiger partial charge in [0, 0.05) is 42.2 Å². The Kier molecular flexibility index (Phi) is 7.30. The van der Waals surface area contributed by atoms with Crippen LogP contribution in [-0.2, 0) is 21.5 Å². The molecule has 2 aliphatic rings. The highest BCUT2D eigenvalue weighted by molar-refractivity contribution is 14.1. The van der Waals surface area contributed by atoms with Crippen molar-refractivity contribution in [1.29, 1.82) is 0 Å². The van der Waals surface area contributed by atoms with Crippen molar-refractivity contribution in [3.8, 4) is 11.1 Å². The largest absolute Gasteiger partial charge is 0.448 e. The number of amides is 1. The molecule has 0 unspecified atom stereocenters. The van der Waals surface area contributed by atoms with Gasteiger partial charge in [0.05, 0.1) is 0 Å². The Hall–Kier alpha value is -2.50. The molecule has 3 aromatic carbocycles. The van der Waals surface area contributed by atoms with Gasteiger partial charge in [-0.3, -0.25) is 4.90 Å². The zero-order valence-corrected chi connectivity index (χ0v) is 23.7. The molecule has 1 saturated heterocycles. The minimum absolute atomic E-state index is 0.0191. The van der Waals surface area contributed by atoms with E-state index in [9.17, 15) is 17.1 Å². The lowest BCUT2D eigenvalue weighted by Crippen LogP contribution is -2.48. The van der Waals surface area contributed by atoms with Crippen LogP contribution in [-0.4, -0.2) is 57.1 Å². The SMILES string of the molecule is Cc1c(CN2CCN(C(=O)OCC3c4ccccc4-c4ccccc43)CC2)cc(S(=O)(=O)F)c(C)c1I. The lowest BCUT2D eigenvalue weighted by Gasteiger charge is -2.34. The number of carbonyl (C=O) groups excluding carboxylic acids is 1. The van der Waals surface area contributed by atoms with Crippen LogP contribution in [0.15, 0.2) is 59.5 Å². The first-order chi connectivity index (χ1) is 17.6. The van der Waals surface area contributed by atoms with Crippen LogP contribution < -0.4 is 0 Å². The van der Waals surface area contributed by atoms with Gasteiger partial charge in [0.15, 0.2) is 0 Å². The highest BCUT2D eigenvalue weighted by Gasteiger charge is 2.30. The van der Waals surface area contributed by atoms with Crippen LogP contribution in [0, 0.1) is 17.4 Å². The number of ether oxygens (including phenoxy) is 1. The molecule has 1 amide bonds. The Morgan fingerprint density at radius 3 is 2.11 bits per heavy atom. The van der Waals surface area contributed by atoms with E-state index >= 15 is 0 Å². The van der Waals surface area contributed by atoms with Crippen LogP contribution in [0.25, 0.3) is 11.1 Å². The first-order valence-electron chi connectivity index (χ1n) is 12.2. The summed E-state index contributed by atoms with van der Waals surface area (Å²) in [5.74, 6) is 0.0191. The van der Waals surface area contributed by atoms with Gasteiger partial charge < -0.3 is 9.64 Å². The van der Waals surface area contributed by atoms with E-state index in [0.29, 0.717) is 38.3 Å². The standard InChI is InChI=1S/C28H28FIN2O4S/c1-18-20(15-26(37(29,34)35)19(2)27(18)30)16-31-11-13-32(14-12-31)28(33)36-17-25-23-9-5-3-7-21(23)22-8-4-6-10-24(22)25/h3-10,15,25H,11-14,16-17H2,1-2H3. The maximum absolute atomic E-state index is 13.8. The summed E-state index contributed by atoms with van der Waals surface area (Å²) in [5, 5.41) is 0. The van der Waals surface area contributed by atoms with Crippen molar-refractivity contribution in [2.45, 2.75) is 31.2 Å². The average Bonchev–Trinajstić information content (AvgIpc) is 3.21. The second kappa shape index (κ2) is 10.3. The maximum Gasteiger partial charge on any atom is 0.409 e. The summed E-state index contributed by atoms with van der Waals surface area (Å²) >= 11 is 2.07. The summed E-state index contributed by atoms with van der Waals surface area (Å²) in [5.41, 5.74) is 6.91. The van der Waals surface area contributed by atoms with Crippen molar-refractivity contribution in [3.63, 3.8) is 0 Å². The van der Waals surface area contributed by atoms with Crippen molar-refractivity contribution in [1.82, 2.24) is 9.80 Å². The van der Waals surface area contributed by atoms with Crippen LogP contribution in [0.2, 0.25) is 0 Å². The van der Waals surface area contributed by atoms with E-state index in [1.807, 2.05) is 31.2 Å². The quantitative estimate of drug-likeness (QED) is 0.269. The highest BCUT2D eigenvalue weighted by Crippen LogP contribution is 2.44. The molecule has 0 N–H and O–H groups in total. The fourth-order valence-electron chi connectivity index (χ4n) is 5.34. The van der Waals surface area contributed by atoms with Gasteiger partial charge in [0.2, 0.25) is 0 Å². The molecule has 0 atom stereocenters. The van der Waals surface area contributed by atoms with Gasteiger partial charge in [-0.15, -0.1) is 3.89 Å². The fourth-order valence-corrected chi connectivity index (χ4v) is 6.91. The van der Waals surface area contributed by atoms with Gasteiger partial charge in [-0.25, -0.2) is 4.79 Å². The van der Waals surface area contributed by atoms with Crippen molar-refractivity contribution >= 4 is 38.9 Å². The predicted molar refractivity (Wildman–Crippen MR) is 149 cm³/mol. The number of benzene rings is 3. The van der Waals surface area contributed by atoms with Gasteiger partial charge in [0.25, 0.3) is 0 Å². The van der Waals surface area contributed by atoms with Gasteiger partial charge in [-0.05, 0) is 81.4 Å². The summed E-state index contributed by atoms with van der Waals surface area (Å²) < 4.78 is 43.6. The molecular formula is C28H28FIN2O4S. The fraction of sp³-hybridized carbons (Fsp3) is 0.321. The van der Waals surface area contributed by atoms with Gasteiger partial charge in [0.1, 0.15) is 11.5 Å². The Bertz CT molecular complexity index is 1420. The van der Waals surface area contributed by atoms with E-state index < -0.39 is 10.2 Å². The predicted octanol–water partition coefficient (Wildman–Crippen LogP) is 5.63. The molecule has 0 aromatic heterocycles. The molecule has 3 aromatic rings. The molecular weight excluding hydrogens is 606 g/mol. The Morgan fingerprint density at radius 1 is 0.973 bits per heavy atom. The summed E-state index contributed by atoms with van der Waals surface area (Å²) in [6, 6.07) is 17.9. The smallest absolute Gasteiger partial charge is 0.409 e. The summed E-state index contributed by atoms with van der Waals surface area (Å²) in [4.78, 5) is 16.5. The van der Waals surface area contributed by atoms with Crippen LogP contribution >= 0.6 is 22.6 Å². The minimum atomic E-state index is -4.80. The van der Waals surface area contributed by atoms with Crippen molar-refractivity contribution < 1.29 is 21.8 Å². The van der Waals surface area contributed by atoms with E-state index in [1.54, 1.807) is 11.8 Å². The third kappa shape index (κ3) is 5.13. The minimum Gasteiger partial charge on any atom is -0.448 e. The number of hydrogen-bond donors (Lipinski definition) is 0. The average molecular weight is 635 g/mol. The topological polar surface area (TPSA) is 66.9 Å². The summed E-state index contributed by atoms with van der Waals surface area (Å²) in [6.07, 6.45) is -0.326. The first kappa shape index (κ1) is 26.1. The molecule has 0 radical (unpaired) electrons. The van der Waals surface area contributed by atoms with E-state index in [2.05, 4.69) is 51.8 Å². The molecule has 37 heavy (non-hydrogen) atoms. The third-order valence-electron chi connectivity index (χ3n) is 7.44. The van der Waals surface area contributed by atoms with Gasteiger partial charge >= 0.3 is 16.3 Å². The number of rotatable bonds is 5. The van der Waals surface area contributed by atoms with Crippen LogP contribution in [0.1, 0.15) is 33.7 Å². The van der Waals surface area contributed by atoms with Crippen molar-refractivity contribution in [3.05, 3.63) is 86.0 Å². The van der Waals surface area contributed by atoms with E-state index in [0.717, 1.165) is 14.7 Å². The Balaban J connectivity index is 1.21. The highest BCUT2D eigenvalue weighted by atomic mass is 127. The number of hydrogen-bond acceptors (Lipinski definition) is 5. The van der Waals surface area contributed by atoms with Crippen molar-refractivity contribution in [2.75, 3.05) is 32.8 Å². The van der Waals surface area contributed by atoms with E-state index in [-0.39, 0.29) is 23.5 Å². The Morgan fingerprint density at radius 2 is 1.54 bits per heavy atom. The molecule has 1 aliphatic heterocycles. The normalized spacial score (nSPS) is 15.9. The van der Waals surface area contributed by atoms with Crippen molar-refractivity contribution in [2.24, 2.45) is 0 Å². The number of carbonyl (C=O) groups is 1. The van der Waals surface area contributed by atoms with Crippen LogP contribution in [0.3, 0.4) is 0 Å². The number of nitrogens with zero attached hydrogens (tertiary/aromatic N) is 2. The lowest BCUT2D eigenvalue weighted by atomic mass is 9.98. The Labute approximate surface area is 230 Å². The number of fused-ring (bicyclic) bond motifs is 3.